The van der Waals surface area contributed by atoms with Gasteiger partial charge in [0.2, 0.25) is 0 Å². The molecule has 0 aliphatic carbocycles. The average molecular weight is 365 g/mol. The number of rotatable bonds is 5. The molecule has 0 aliphatic heterocycles. The third-order valence-electron chi connectivity index (χ3n) is 4.26. The van der Waals surface area contributed by atoms with Crippen LogP contribution in [-0.2, 0) is 6.54 Å². The molecule has 0 amide bonds. The van der Waals surface area contributed by atoms with Crippen LogP contribution < -0.4 is 0 Å². The zero-order valence-corrected chi connectivity index (χ0v) is 15.4. The molecule has 0 saturated carbocycles. The van der Waals surface area contributed by atoms with Gasteiger partial charge in [0.15, 0.2) is 10.6 Å². The Morgan fingerprint density at radius 3 is 2.65 bits per heavy atom. The number of benzene rings is 1. The number of nitrogens with one attached hydrogen (secondary N) is 1. The van der Waals surface area contributed by atoms with Crippen LogP contribution in [-0.4, -0.2) is 34.3 Å². The second-order valence-electron chi connectivity index (χ2n) is 6.28. The standard InChI is InChI=1S/C18H19N7S/c1-13-8-20-24(10-13)14(2)17-21-22-18(26)25(17)16-9-19-23(12-16)11-15-6-4-3-5-7-15/h3-10,12,14H,11H2,1-2H3,(H,22,26)/t14-/m0/s1. The second-order valence-corrected chi connectivity index (χ2v) is 6.66. The molecule has 4 aromatic rings. The molecule has 1 aromatic carbocycles. The maximum atomic E-state index is 5.45. The highest BCUT2D eigenvalue weighted by Crippen LogP contribution is 2.20. The Bertz CT molecular complexity index is 1070. The van der Waals surface area contributed by atoms with Crippen molar-refractivity contribution in [3.63, 3.8) is 0 Å². The summed E-state index contributed by atoms with van der Waals surface area (Å²) in [5, 5.41) is 16.2. The van der Waals surface area contributed by atoms with E-state index >= 15 is 0 Å². The predicted molar refractivity (Wildman–Crippen MR) is 101 cm³/mol. The van der Waals surface area contributed by atoms with E-state index < -0.39 is 0 Å². The topological polar surface area (TPSA) is 69.2 Å². The zero-order valence-electron chi connectivity index (χ0n) is 14.6. The molecule has 1 atom stereocenters. The maximum Gasteiger partial charge on any atom is 0.200 e. The smallest absolute Gasteiger partial charge is 0.200 e. The summed E-state index contributed by atoms with van der Waals surface area (Å²) in [6.07, 6.45) is 7.60. The lowest BCUT2D eigenvalue weighted by atomic mass is 10.2. The van der Waals surface area contributed by atoms with Crippen molar-refractivity contribution in [1.82, 2.24) is 34.3 Å². The fourth-order valence-corrected chi connectivity index (χ4v) is 3.17. The summed E-state index contributed by atoms with van der Waals surface area (Å²) in [5.41, 5.74) is 3.18. The predicted octanol–water partition coefficient (Wildman–Crippen LogP) is 3.29. The summed E-state index contributed by atoms with van der Waals surface area (Å²) < 4.78 is 6.22. The van der Waals surface area contributed by atoms with Gasteiger partial charge in [0.25, 0.3) is 0 Å². The molecule has 0 spiro atoms. The first kappa shape index (κ1) is 16.5. The molecular formula is C18H19N7S. The highest BCUT2D eigenvalue weighted by atomic mass is 32.1. The fraction of sp³-hybridized carbons (Fsp3) is 0.222. The van der Waals surface area contributed by atoms with E-state index in [1.807, 2.05) is 64.6 Å². The van der Waals surface area contributed by atoms with E-state index in [4.69, 9.17) is 12.2 Å². The molecule has 26 heavy (non-hydrogen) atoms. The van der Waals surface area contributed by atoms with Gasteiger partial charge < -0.3 is 0 Å². The molecule has 3 heterocycles. The van der Waals surface area contributed by atoms with E-state index in [2.05, 4.69) is 32.5 Å². The van der Waals surface area contributed by atoms with Crippen molar-refractivity contribution >= 4 is 12.2 Å². The molecule has 0 saturated heterocycles. The Kier molecular flexibility index (Phi) is 4.26. The summed E-state index contributed by atoms with van der Waals surface area (Å²) in [7, 11) is 0. The number of aromatic amines is 1. The molecule has 0 unspecified atom stereocenters. The van der Waals surface area contributed by atoms with Crippen molar-refractivity contribution in [2.45, 2.75) is 26.4 Å². The second kappa shape index (κ2) is 6.72. The summed E-state index contributed by atoms with van der Waals surface area (Å²) >= 11 is 5.45. The molecule has 132 valence electrons. The van der Waals surface area contributed by atoms with Gasteiger partial charge in [-0.25, -0.2) is 0 Å². The van der Waals surface area contributed by atoms with Crippen molar-refractivity contribution in [2.75, 3.05) is 0 Å². The van der Waals surface area contributed by atoms with Gasteiger partial charge in [0.1, 0.15) is 6.04 Å². The quantitative estimate of drug-likeness (QED) is 0.551. The molecule has 0 radical (unpaired) electrons. The van der Waals surface area contributed by atoms with Gasteiger partial charge in [-0.15, -0.1) is 0 Å². The number of aryl methyl sites for hydroxylation is 1. The summed E-state index contributed by atoms with van der Waals surface area (Å²) in [6.45, 7) is 4.76. The molecule has 3 aromatic heterocycles. The maximum absolute atomic E-state index is 5.45. The molecule has 0 fully saturated rings. The van der Waals surface area contributed by atoms with Crippen molar-refractivity contribution in [2.24, 2.45) is 0 Å². The molecule has 7 nitrogen and oxygen atoms in total. The van der Waals surface area contributed by atoms with Crippen molar-refractivity contribution in [3.05, 3.63) is 76.8 Å². The first-order valence-corrected chi connectivity index (χ1v) is 8.77. The number of nitrogens with zero attached hydrogens (tertiary/aromatic N) is 6. The van der Waals surface area contributed by atoms with Gasteiger partial charge in [-0.3, -0.25) is 19.0 Å². The lowest BCUT2D eigenvalue weighted by Crippen LogP contribution is -2.13. The molecule has 0 bridgehead atoms. The normalized spacial score (nSPS) is 12.4. The third-order valence-corrected chi connectivity index (χ3v) is 4.54. The monoisotopic (exact) mass is 365 g/mol. The van der Waals surface area contributed by atoms with Crippen LogP contribution in [0.25, 0.3) is 5.69 Å². The van der Waals surface area contributed by atoms with Crippen molar-refractivity contribution in [3.8, 4) is 5.69 Å². The fourth-order valence-electron chi connectivity index (χ4n) is 2.93. The van der Waals surface area contributed by atoms with E-state index in [0.29, 0.717) is 11.3 Å². The van der Waals surface area contributed by atoms with Gasteiger partial charge in [-0.1, -0.05) is 30.3 Å². The van der Waals surface area contributed by atoms with E-state index in [-0.39, 0.29) is 6.04 Å². The Hall–Kier alpha value is -3.00. The van der Waals surface area contributed by atoms with Crippen LogP contribution in [0.15, 0.2) is 55.1 Å². The van der Waals surface area contributed by atoms with Crippen molar-refractivity contribution in [1.29, 1.82) is 0 Å². The average Bonchev–Trinajstić information content (AvgIpc) is 3.35. The third kappa shape index (κ3) is 3.11. The van der Waals surface area contributed by atoms with Gasteiger partial charge in [0, 0.05) is 12.4 Å². The Morgan fingerprint density at radius 2 is 1.92 bits per heavy atom. The van der Waals surface area contributed by atoms with Crippen LogP contribution in [0.3, 0.4) is 0 Å². The minimum absolute atomic E-state index is 0.0610. The van der Waals surface area contributed by atoms with E-state index in [9.17, 15) is 0 Å². The first-order valence-electron chi connectivity index (χ1n) is 8.36. The highest BCUT2D eigenvalue weighted by Gasteiger charge is 2.18. The number of hydrogen-bond donors (Lipinski definition) is 1. The highest BCUT2D eigenvalue weighted by molar-refractivity contribution is 7.71. The van der Waals surface area contributed by atoms with Gasteiger partial charge in [0.05, 0.1) is 24.6 Å². The molecule has 0 aliphatic rings. The Balaban J connectivity index is 1.66. The summed E-state index contributed by atoms with van der Waals surface area (Å²) in [5.74, 6) is 0.789. The Labute approximate surface area is 155 Å². The van der Waals surface area contributed by atoms with Gasteiger partial charge in [-0.05, 0) is 37.2 Å². The minimum Gasteiger partial charge on any atom is -0.267 e. The number of H-pyrrole nitrogens is 1. The SMILES string of the molecule is Cc1cnn([C@@H](C)c2n[nH]c(=S)n2-c2cnn(Cc3ccccc3)c2)c1. The largest absolute Gasteiger partial charge is 0.267 e. The molecule has 4 rings (SSSR count). The molecular weight excluding hydrogens is 346 g/mol. The van der Waals surface area contributed by atoms with E-state index in [1.54, 1.807) is 6.20 Å². The van der Waals surface area contributed by atoms with Crippen LogP contribution in [0.2, 0.25) is 0 Å². The van der Waals surface area contributed by atoms with Crippen LogP contribution in [0.5, 0.6) is 0 Å². The van der Waals surface area contributed by atoms with Crippen LogP contribution >= 0.6 is 12.2 Å². The minimum atomic E-state index is -0.0610. The van der Waals surface area contributed by atoms with E-state index in [1.165, 1.54) is 5.56 Å². The molecule has 1 N–H and O–H groups in total. The van der Waals surface area contributed by atoms with Gasteiger partial charge >= 0.3 is 0 Å². The lowest BCUT2D eigenvalue weighted by molar-refractivity contribution is 0.527. The number of hydrogen-bond acceptors (Lipinski definition) is 4. The number of aromatic nitrogens is 7. The van der Waals surface area contributed by atoms with Crippen LogP contribution in [0.4, 0.5) is 0 Å². The summed E-state index contributed by atoms with van der Waals surface area (Å²) in [6, 6.07) is 10.2. The van der Waals surface area contributed by atoms with Crippen LogP contribution in [0.1, 0.15) is 29.9 Å². The van der Waals surface area contributed by atoms with Crippen LogP contribution in [0, 0.1) is 11.7 Å². The first-order chi connectivity index (χ1) is 12.6. The summed E-state index contributed by atoms with van der Waals surface area (Å²) in [4.78, 5) is 0. The Morgan fingerprint density at radius 1 is 1.12 bits per heavy atom. The van der Waals surface area contributed by atoms with Crippen molar-refractivity contribution < 1.29 is 0 Å². The van der Waals surface area contributed by atoms with Gasteiger partial charge in [-0.2, -0.15) is 15.3 Å². The van der Waals surface area contributed by atoms with E-state index in [0.717, 1.165) is 17.1 Å². The lowest BCUT2D eigenvalue weighted by Gasteiger charge is -2.12. The zero-order chi connectivity index (χ0) is 18.1. The molecule has 8 heteroatoms.